The standard InChI is InChI=1S/C10H18F2N4O3S/c1-13-2-4-16-7-9(6-14-16)20(17,18)15-3-5-19-8-10(11)12/h6-7,10,13,15H,2-5,8H2,1H3. The van der Waals surface area contributed by atoms with Crippen LogP contribution in [0.5, 0.6) is 0 Å². The van der Waals surface area contributed by atoms with Gasteiger partial charge in [0.1, 0.15) is 11.5 Å². The van der Waals surface area contributed by atoms with Crippen LogP contribution in [-0.2, 0) is 21.3 Å². The first-order valence-corrected chi connectivity index (χ1v) is 7.46. The van der Waals surface area contributed by atoms with Crippen molar-refractivity contribution in [2.45, 2.75) is 17.9 Å². The van der Waals surface area contributed by atoms with Crippen LogP contribution in [0.15, 0.2) is 17.3 Å². The quantitative estimate of drug-likeness (QED) is 0.578. The molecule has 0 aliphatic rings. The summed E-state index contributed by atoms with van der Waals surface area (Å²) >= 11 is 0. The van der Waals surface area contributed by atoms with Crippen molar-refractivity contribution >= 4 is 10.0 Å². The van der Waals surface area contributed by atoms with E-state index in [9.17, 15) is 17.2 Å². The average Bonchev–Trinajstić information content (AvgIpc) is 2.85. The lowest BCUT2D eigenvalue weighted by Crippen LogP contribution is -2.27. The molecule has 0 amide bonds. The molecule has 1 rings (SSSR count). The molecule has 0 aromatic carbocycles. The molecule has 20 heavy (non-hydrogen) atoms. The van der Waals surface area contributed by atoms with Crippen molar-refractivity contribution in [2.24, 2.45) is 0 Å². The van der Waals surface area contributed by atoms with Crippen LogP contribution < -0.4 is 10.0 Å². The molecule has 0 aliphatic carbocycles. The molecule has 0 saturated carbocycles. The maximum atomic E-state index is 11.8. The largest absolute Gasteiger partial charge is 0.374 e. The molecule has 0 saturated heterocycles. The summed E-state index contributed by atoms with van der Waals surface area (Å²) in [5.74, 6) is 0. The number of halogens is 2. The van der Waals surface area contributed by atoms with Crippen molar-refractivity contribution < 1.29 is 21.9 Å². The lowest BCUT2D eigenvalue weighted by Gasteiger charge is -2.05. The van der Waals surface area contributed by atoms with E-state index in [1.54, 1.807) is 7.05 Å². The van der Waals surface area contributed by atoms with E-state index in [2.05, 4.69) is 19.9 Å². The highest BCUT2D eigenvalue weighted by Crippen LogP contribution is 2.06. The van der Waals surface area contributed by atoms with Gasteiger partial charge in [0.15, 0.2) is 0 Å². The molecule has 0 radical (unpaired) electrons. The number of hydrogen-bond donors (Lipinski definition) is 2. The summed E-state index contributed by atoms with van der Waals surface area (Å²) in [6.45, 7) is 0.317. The molecule has 0 atom stereocenters. The van der Waals surface area contributed by atoms with Gasteiger partial charge in [-0.15, -0.1) is 0 Å². The lowest BCUT2D eigenvalue weighted by molar-refractivity contribution is 0.0199. The minimum atomic E-state index is -3.69. The number of ether oxygens (including phenoxy) is 1. The molecule has 7 nitrogen and oxygen atoms in total. The fraction of sp³-hybridized carbons (Fsp3) is 0.700. The highest BCUT2D eigenvalue weighted by Gasteiger charge is 2.15. The number of nitrogens with one attached hydrogen (secondary N) is 2. The van der Waals surface area contributed by atoms with Gasteiger partial charge < -0.3 is 10.1 Å². The fourth-order valence-electron chi connectivity index (χ4n) is 1.34. The van der Waals surface area contributed by atoms with Crippen molar-refractivity contribution in [2.75, 3.05) is 33.4 Å². The Morgan fingerprint density at radius 1 is 1.45 bits per heavy atom. The monoisotopic (exact) mass is 312 g/mol. The summed E-state index contributed by atoms with van der Waals surface area (Å²) in [6, 6.07) is 0. The molecule has 1 aromatic rings. The van der Waals surface area contributed by atoms with Crippen molar-refractivity contribution in [1.29, 1.82) is 0 Å². The zero-order chi connectivity index (χ0) is 15.0. The summed E-state index contributed by atoms with van der Waals surface area (Å²) in [6.07, 6.45) is 0.0783. The summed E-state index contributed by atoms with van der Waals surface area (Å²) in [7, 11) is -1.91. The molecule has 0 fully saturated rings. The summed E-state index contributed by atoms with van der Waals surface area (Å²) in [5.41, 5.74) is 0. The second kappa shape index (κ2) is 8.25. The number of sulfonamides is 1. The molecule has 0 aliphatic heterocycles. The van der Waals surface area contributed by atoms with Crippen molar-refractivity contribution in [3.05, 3.63) is 12.4 Å². The molecule has 1 heterocycles. The van der Waals surface area contributed by atoms with Gasteiger partial charge in [-0.25, -0.2) is 21.9 Å². The van der Waals surface area contributed by atoms with E-state index in [-0.39, 0.29) is 18.0 Å². The number of hydrogen-bond acceptors (Lipinski definition) is 5. The molecule has 0 unspecified atom stereocenters. The van der Waals surface area contributed by atoms with Crippen LogP contribution in [0.3, 0.4) is 0 Å². The highest BCUT2D eigenvalue weighted by atomic mass is 32.2. The van der Waals surface area contributed by atoms with Crippen LogP contribution in [0.25, 0.3) is 0 Å². The maximum absolute atomic E-state index is 11.8. The number of nitrogens with zero attached hydrogens (tertiary/aromatic N) is 2. The van der Waals surface area contributed by atoms with Gasteiger partial charge in [-0.1, -0.05) is 0 Å². The smallest absolute Gasteiger partial charge is 0.261 e. The van der Waals surface area contributed by atoms with Gasteiger partial charge in [-0.05, 0) is 7.05 Å². The second-order valence-corrected chi connectivity index (χ2v) is 5.67. The Morgan fingerprint density at radius 3 is 2.85 bits per heavy atom. The van der Waals surface area contributed by atoms with Gasteiger partial charge in [0.2, 0.25) is 10.0 Å². The second-order valence-electron chi connectivity index (χ2n) is 3.91. The van der Waals surface area contributed by atoms with E-state index >= 15 is 0 Å². The first-order valence-electron chi connectivity index (χ1n) is 5.98. The van der Waals surface area contributed by atoms with Crippen LogP contribution in [-0.4, -0.2) is 58.0 Å². The molecule has 0 bridgehead atoms. The summed E-state index contributed by atoms with van der Waals surface area (Å²) in [4.78, 5) is 0.0301. The molecule has 116 valence electrons. The van der Waals surface area contributed by atoms with Gasteiger partial charge in [0.25, 0.3) is 6.43 Å². The number of aromatic nitrogens is 2. The molecular weight excluding hydrogens is 294 g/mol. The van der Waals surface area contributed by atoms with Crippen molar-refractivity contribution in [1.82, 2.24) is 19.8 Å². The Morgan fingerprint density at radius 2 is 2.20 bits per heavy atom. The van der Waals surface area contributed by atoms with Gasteiger partial charge in [-0.3, -0.25) is 4.68 Å². The van der Waals surface area contributed by atoms with Crippen LogP contribution in [0, 0.1) is 0 Å². The summed E-state index contributed by atoms with van der Waals surface area (Å²) in [5, 5.41) is 6.83. The van der Waals surface area contributed by atoms with Gasteiger partial charge in [0.05, 0.1) is 19.3 Å². The van der Waals surface area contributed by atoms with Crippen LogP contribution in [0.1, 0.15) is 0 Å². The third-order valence-electron chi connectivity index (χ3n) is 2.29. The summed E-state index contributed by atoms with van der Waals surface area (Å²) < 4.78 is 55.6. The first-order chi connectivity index (χ1) is 9.45. The van der Waals surface area contributed by atoms with Crippen molar-refractivity contribution in [3.8, 4) is 0 Å². The normalized spacial score (nSPS) is 12.2. The lowest BCUT2D eigenvalue weighted by atomic mass is 10.6. The van der Waals surface area contributed by atoms with Crippen molar-refractivity contribution in [3.63, 3.8) is 0 Å². The topological polar surface area (TPSA) is 85.2 Å². The third-order valence-corrected chi connectivity index (χ3v) is 3.71. The number of alkyl halides is 2. The minimum Gasteiger partial charge on any atom is -0.374 e. The Labute approximate surface area is 116 Å². The van der Waals surface area contributed by atoms with E-state index in [1.165, 1.54) is 17.1 Å². The average molecular weight is 312 g/mol. The Hall–Kier alpha value is -1.10. The Balaban J connectivity index is 2.41. The minimum absolute atomic E-state index is 0.0301. The number of rotatable bonds is 10. The highest BCUT2D eigenvalue weighted by molar-refractivity contribution is 7.89. The predicted octanol–water partition coefficient (Wildman–Crippen LogP) is -0.337. The van der Waals surface area contributed by atoms with E-state index < -0.39 is 23.1 Å². The molecule has 1 aromatic heterocycles. The van der Waals surface area contributed by atoms with Gasteiger partial charge >= 0.3 is 0 Å². The zero-order valence-corrected chi connectivity index (χ0v) is 11.9. The van der Waals surface area contributed by atoms with Crippen LogP contribution in [0.4, 0.5) is 8.78 Å². The number of likely N-dealkylation sites (N-methyl/N-ethyl adjacent to an activating group) is 1. The van der Waals surface area contributed by atoms with Crippen LogP contribution in [0.2, 0.25) is 0 Å². The van der Waals surface area contributed by atoms with E-state index in [1.807, 2.05) is 0 Å². The molecule has 0 spiro atoms. The predicted molar refractivity (Wildman–Crippen MR) is 68.2 cm³/mol. The first kappa shape index (κ1) is 17.0. The van der Waals surface area contributed by atoms with E-state index in [0.29, 0.717) is 13.1 Å². The third kappa shape index (κ3) is 5.90. The van der Waals surface area contributed by atoms with Gasteiger partial charge in [-0.2, -0.15) is 5.10 Å². The van der Waals surface area contributed by atoms with Crippen LogP contribution >= 0.6 is 0 Å². The maximum Gasteiger partial charge on any atom is 0.261 e. The van der Waals surface area contributed by atoms with Gasteiger partial charge in [0, 0.05) is 19.3 Å². The molecular formula is C10H18F2N4O3S. The zero-order valence-electron chi connectivity index (χ0n) is 11.1. The van der Waals surface area contributed by atoms with E-state index in [4.69, 9.17) is 0 Å². The SMILES string of the molecule is CNCCn1cc(S(=O)(=O)NCCOCC(F)F)cn1. The fourth-order valence-corrected chi connectivity index (χ4v) is 2.30. The Bertz CT molecular complexity index is 492. The molecule has 2 N–H and O–H groups in total. The molecule has 10 heteroatoms. The van der Waals surface area contributed by atoms with E-state index in [0.717, 1.165) is 0 Å². The Kier molecular flexibility index (Phi) is 6.99.